The second-order valence-corrected chi connectivity index (χ2v) is 31.2. The van der Waals surface area contributed by atoms with Crippen molar-refractivity contribution in [3.8, 4) is 11.1 Å². The van der Waals surface area contributed by atoms with Gasteiger partial charge in [-0.25, -0.2) is 18.4 Å². The first kappa shape index (κ1) is 64.7. The van der Waals surface area contributed by atoms with Crippen molar-refractivity contribution < 1.29 is 62.7 Å². The van der Waals surface area contributed by atoms with E-state index in [1.165, 1.54) is 4.90 Å². The number of nitrogens with zero attached hydrogens (tertiary/aromatic N) is 2. The fourth-order valence-corrected chi connectivity index (χ4v) is 9.45. The Bertz CT molecular complexity index is 2560. The molecule has 4 atom stereocenters. The highest BCUT2D eigenvalue weighted by atomic mass is 32.2. The van der Waals surface area contributed by atoms with E-state index in [-0.39, 0.29) is 56.0 Å². The fourth-order valence-electron chi connectivity index (χ4n) is 7.89. The maximum absolute atomic E-state index is 15.6. The van der Waals surface area contributed by atoms with Gasteiger partial charge in [0.05, 0.1) is 18.4 Å². The highest BCUT2D eigenvalue weighted by Crippen LogP contribution is 2.42. The summed E-state index contributed by atoms with van der Waals surface area (Å²) in [5.74, 6) is -5.80. The zero-order chi connectivity index (χ0) is 59.8. The number of halogens is 2. The second kappa shape index (κ2) is 28.9. The Hall–Kier alpha value is -5.80. The number of ether oxygens (including phenoxy) is 4. The number of nitrogens with one attached hydrogen (secondary N) is 3. The lowest BCUT2D eigenvalue weighted by atomic mass is 9.82. The third-order valence-corrected chi connectivity index (χ3v) is 14.1. The Morgan fingerprint density at radius 3 is 1.99 bits per heavy atom. The first-order valence-electron chi connectivity index (χ1n) is 26.8. The van der Waals surface area contributed by atoms with Crippen LogP contribution in [0.1, 0.15) is 126 Å². The van der Waals surface area contributed by atoms with Crippen LogP contribution in [0.15, 0.2) is 60.8 Å². The van der Waals surface area contributed by atoms with E-state index in [4.69, 9.17) is 26.1 Å². The smallest absolute Gasteiger partial charge is 0.407 e. The lowest BCUT2D eigenvalue weighted by Gasteiger charge is -2.41. The third kappa shape index (κ3) is 24.5. The Labute approximate surface area is 467 Å². The lowest BCUT2D eigenvalue weighted by molar-refractivity contribution is -0.160. The van der Waals surface area contributed by atoms with Crippen LogP contribution in [0.4, 0.5) is 13.6 Å². The second-order valence-electron chi connectivity index (χ2n) is 24.6. The number of benzene rings is 2. The molecule has 2 aromatic carbocycles. The van der Waals surface area contributed by atoms with E-state index < -0.39 is 121 Å². The van der Waals surface area contributed by atoms with Crippen molar-refractivity contribution in [2.45, 2.75) is 182 Å². The van der Waals surface area contributed by atoms with Crippen LogP contribution >= 0.6 is 11.8 Å². The molecule has 0 fully saturated rings. The molecule has 0 aliphatic heterocycles. The van der Waals surface area contributed by atoms with Crippen LogP contribution < -0.4 is 21.7 Å². The van der Waals surface area contributed by atoms with Gasteiger partial charge in [-0.3, -0.25) is 24.0 Å². The minimum atomic E-state index is -1.69. The summed E-state index contributed by atoms with van der Waals surface area (Å²) in [5, 5.41) is 5.68. The Kier molecular flexibility index (Phi) is 24.0. The molecule has 0 aliphatic carbocycles. The number of esters is 3. The van der Waals surface area contributed by atoms with Crippen LogP contribution in [-0.2, 0) is 54.3 Å². The SMILES string of the molecule is [2H]N(CCC(=O)N[C@@H](CCC(=O)OC(C)(C)C)C(=O)OC(C)(C)C)C(=O)[C@H](CCN(C(=O)CSC[C@H](N)C(=O)OC(C)(C)C)[C@@H](c1cc(-c2cc(F)ccc2F)cn1Cc1ccccc1)C(C)(C)C)NC(=O)OCC[Si](C)(C)C. The van der Waals surface area contributed by atoms with Gasteiger partial charge in [-0.05, 0) is 116 Å². The van der Waals surface area contributed by atoms with Crippen LogP contribution in [0.25, 0.3) is 11.1 Å². The molecule has 0 radical (unpaired) electrons. The normalized spacial score (nSPS) is 13.9. The molecule has 17 nitrogen and oxygen atoms in total. The van der Waals surface area contributed by atoms with Gasteiger partial charge in [0.1, 0.15) is 46.6 Å². The molecule has 3 rings (SSSR count). The van der Waals surface area contributed by atoms with Crippen molar-refractivity contribution >= 4 is 61.6 Å². The molecule has 0 unspecified atom stereocenters. The molecule has 1 aromatic heterocycles. The Balaban J connectivity index is 2.11. The van der Waals surface area contributed by atoms with Crippen LogP contribution in [0.5, 0.6) is 0 Å². The average Bonchev–Trinajstić information content (AvgIpc) is 3.71. The number of rotatable bonds is 26. The van der Waals surface area contributed by atoms with E-state index in [0.717, 1.165) is 35.5 Å². The highest BCUT2D eigenvalue weighted by molar-refractivity contribution is 8.00. The van der Waals surface area contributed by atoms with Gasteiger partial charge in [0, 0.05) is 69.3 Å². The monoisotopic (exact) mass is 1130 g/mol. The van der Waals surface area contributed by atoms with Crippen LogP contribution in [0, 0.1) is 17.0 Å². The van der Waals surface area contributed by atoms with Crippen molar-refractivity contribution in [3.63, 3.8) is 0 Å². The Morgan fingerprint density at radius 1 is 0.782 bits per heavy atom. The third-order valence-electron chi connectivity index (χ3n) is 11.4. The molecule has 0 saturated heterocycles. The number of carbonyl (C=O) groups is 7. The van der Waals surface area contributed by atoms with Gasteiger partial charge in [0.15, 0.2) is 1.41 Å². The number of nitrogens with two attached hydrogens (primary N) is 1. The summed E-state index contributed by atoms with van der Waals surface area (Å²) in [6, 6.07) is 10.1. The predicted octanol–water partition coefficient (Wildman–Crippen LogP) is 9.08. The van der Waals surface area contributed by atoms with Gasteiger partial charge in [-0.2, -0.15) is 0 Å². The van der Waals surface area contributed by atoms with Gasteiger partial charge in [-0.15, -0.1) is 11.8 Å². The summed E-state index contributed by atoms with van der Waals surface area (Å²) in [7, 11) is -1.69. The summed E-state index contributed by atoms with van der Waals surface area (Å²) < 4.78 is 63.1. The molecule has 3 aromatic rings. The highest BCUT2D eigenvalue weighted by Gasteiger charge is 2.39. The summed E-state index contributed by atoms with van der Waals surface area (Å²) >= 11 is 1.08. The van der Waals surface area contributed by atoms with E-state index in [1.54, 1.807) is 74.6 Å². The van der Waals surface area contributed by atoms with Gasteiger partial charge < -0.3 is 50.1 Å². The first-order chi connectivity index (χ1) is 36.3. The maximum atomic E-state index is 15.6. The van der Waals surface area contributed by atoms with Gasteiger partial charge in [0.2, 0.25) is 17.7 Å². The van der Waals surface area contributed by atoms with Crippen molar-refractivity contribution in [1.82, 2.24) is 25.4 Å². The summed E-state index contributed by atoms with van der Waals surface area (Å²) in [6.45, 7) is 26.6. The summed E-state index contributed by atoms with van der Waals surface area (Å²) in [6.07, 6.45) is -0.439. The minimum Gasteiger partial charge on any atom is -0.460 e. The summed E-state index contributed by atoms with van der Waals surface area (Å²) in [4.78, 5) is 96.9. The molecule has 5 N–H and O–H groups in total. The summed E-state index contributed by atoms with van der Waals surface area (Å²) in [5.41, 5.74) is 4.54. The zero-order valence-electron chi connectivity index (χ0n) is 49.4. The largest absolute Gasteiger partial charge is 0.460 e. The van der Waals surface area contributed by atoms with Crippen LogP contribution in [0.2, 0.25) is 27.1 Å². The molecule has 0 spiro atoms. The number of hydrogen-bond acceptors (Lipinski definition) is 13. The number of amides is 4. The van der Waals surface area contributed by atoms with Crippen molar-refractivity contribution in [1.29, 1.82) is 0 Å². The molecular formula is C57H86F2N6O11SSi. The number of aromatic nitrogens is 1. The topological polar surface area (TPSA) is 227 Å². The number of hydrogen-bond donors (Lipinski definition) is 4. The molecule has 21 heteroatoms. The number of alkyl carbamates (subject to hydrolysis) is 1. The van der Waals surface area contributed by atoms with E-state index in [9.17, 15) is 33.2 Å². The molecule has 0 bridgehead atoms. The molecule has 0 aliphatic rings. The molecule has 78 heavy (non-hydrogen) atoms. The molecule has 4 amide bonds. The van der Waals surface area contributed by atoms with Crippen LogP contribution in [0.3, 0.4) is 0 Å². The standard InChI is InChI=1S/C57H86F2N6O11SSi/c1-54(2,3)49(45-31-38(40-32-39(58)21-22-41(40)59)34-64(45)33-37-19-17-16-18-20-37)65(47(67)36-77-35-42(60)51(70)75-56(7,8)9)28-26-43(63-53(72)73-29-30-78(13,14)15)50(69)61-27-25-46(66)62-44(52(71)76-57(10,11)12)23-24-48(68)74-55(4,5)6/h16-22,31-32,34,42-44,49H,23-30,33,35-36,60H2,1-15H3,(H,61,69)(H,62,66)(H,63,72)/t42-,43-,44-,49-/m0/s1/i/hD. The van der Waals surface area contributed by atoms with E-state index in [0.29, 0.717) is 22.6 Å². The zero-order valence-corrected chi connectivity index (χ0v) is 50.3. The quantitative estimate of drug-likeness (QED) is 0.0335. The predicted molar refractivity (Wildman–Crippen MR) is 302 cm³/mol. The van der Waals surface area contributed by atoms with E-state index >= 15 is 9.18 Å². The van der Waals surface area contributed by atoms with E-state index in [1.807, 2.05) is 55.7 Å². The van der Waals surface area contributed by atoms with Crippen LogP contribution in [-0.4, -0.2) is 125 Å². The number of carbonyl (C=O) groups excluding carboxylic acids is 7. The lowest BCUT2D eigenvalue weighted by Crippen LogP contribution is -2.51. The maximum Gasteiger partial charge on any atom is 0.407 e. The van der Waals surface area contributed by atoms with Gasteiger partial charge in [-0.1, -0.05) is 70.7 Å². The van der Waals surface area contributed by atoms with Gasteiger partial charge in [0.25, 0.3) is 0 Å². The molecule has 0 saturated carbocycles. The van der Waals surface area contributed by atoms with Crippen molar-refractivity contribution in [3.05, 3.63) is 83.7 Å². The fraction of sp³-hybridized carbons (Fsp3) is 0.596. The molecule has 434 valence electrons. The number of thioether (sulfide) groups is 1. The molecule has 1 heterocycles. The average molecular weight is 1130 g/mol. The van der Waals surface area contributed by atoms with Gasteiger partial charge >= 0.3 is 24.0 Å². The Morgan fingerprint density at radius 2 is 1.40 bits per heavy atom. The first-order valence-corrected chi connectivity index (χ1v) is 31.2. The van der Waals surface area contributed by atoms with Crippen molar-refractivity contribution in [2.75, 3.05) is 31.2 Å². The van der Waals surface area contributed by atoms with Crippen molar-refractivity contribution in [2.24, 2.45) is 11.1 Å². The molecular weight excluding hydrogens is 1040 g/mol. The van der Waals surface area contributed by atoms with E-state index in [2.05, 4.69) is 30.3 Å². The minimum absolute atomic E-state index is 0.00235.